The molecule has 0 atom stereocenters. The van der Waals surface area contributed by atoms with Gasteiger partial charge in [0.2, 0.25) is 5.91 Å². The zero-order valence-electron chi connectivity index (χ0n) is 11.8. The van der Waals surface area contributed by atoms with Gasteiger partial charge in [0.15, 0.2) is 0 Å². The Kier molecular flexibility index (Phi) is 6.52. The molecule has 110 valence electrons. The molecule has 0 fully saturated rings. The fourth-order valence-electron chi connectivity index (χ4n) is 1.50. The SMILES string of the molecule is CN(C)C(=O)CCNCCOc1cccc(C(=O)O)c1. The normalized spacial score (nSPS) is 10.1. The Morgan fingerprint density at radius 2 is 2.05 bits per heavy atom. The third kappa shape index (κ3) is 5.71. The minimum absolute atomic E-state index is 0.0765. The topological polar surface area (TPSA) is 78.9 Å². The van der Waals surface area contributed by atoms with E-state index in [1.165, 1.54) is 12.1 Å². The molecule has 1 aromatic carbocycles. The van der Waals surface area contributed by atoms with Crippen LogP contribution in [0.2, 0.25) is 0 Å². The Morgan fingerprint density at radius 3 is 2.70 bits per heavy atom. The largest absolute Gasteiger partial charge is 0.492 e. The number of aromatic carboxylic acids is 1. The molecule has 0 aliphatic carbocycles. The van der Waals surface area contributed by atoms with Crippen LogP contribution < -0.4 is 10.1 Å². The predicted molar refractivity (Wildman–Crippen MR) is 75.1 cm³/mol. The summed E-state index contributed by atoms with van der Waals surface area (Å²) in [4.78, 5) is 23.6. The molecule has 0 aliphatic rings. The molecule has 0 radical (unpaired) electrons. The van der Waals surface area contributed by atoms with E-state index in [1.54, 1.807) is 31.1 Å². The van der Waals surface area contributed by atoms with Crippen LogP contribution in [-0.4, -0.2) is 55.7 Å². The van der Waals surface area contributed by atoms with Gasteiger partial charge in [-0.05, 0) is 18.2 Å². The summed E-state index contributed by atoms with van der Waals surface area (Å²) in [6.07, 6.45) is 0.446. The molecule has 6 heteroatoms. The first-order chi connectivity index (χ1) is 9.50. The quantitative estimate of drug-likeness (QED) is 0.690. The lowest BCUT2D eigenvalue weighted by Gasteiger charge is -2.11. The van der Waals surface area contributed by atoms with Crippen molar-refractivity contribution in [1.82, 2.24) is 10.2 Å². The Bertz CT molecular complexity index is 460. The number of carboxylic acids is 1. The Morgan fingerprint density at radius 1 is 1.30 bits per heavy atom. The van der Waals surface area contributed by atoms with Gasteiger partial charge >= 0.3 is 5.97 Å². The summed E-state index contributed by atoms with van der Waals surface area (Å²) in [7, 11) is 3.45. The van der Waals surface area contributed by atoms with E-state index in [1.807, 2.05) is 0 Å². The second kappa shape index (κ2) is 8.16. The smallest absolute Gasteiger partial charge is 0.335 e. The molecule has 0 spiro atoms. The van der Waals surface area contributed by atoms with Crippen molar-refractivity contribution in [1.29, 1.82) is 0 Å². The van der Waals surface area contributed by atoms with E-state index < -0.39 is 5.97 Å². The molecule has 0 aliphatic heterocycles. The highest BCUT2D eigenvalue weighted by atomic mass is 16.5. The van der Waals surface area contributed by atoms with Crippen molar-refractivity contribution in [2.75, 3.05) is 33.8 Å². The fourth-order valence-corrected chi connectivity index (χ4v) is 1.50. The second-order valence-electron chi connectivity index (χ2n) is 4.47. The third-order valence-corrected chi connectivity index (χ3v) is 2.64. The zero-order valence-corrected chi connectivity index (χ0v) is 11.8. The standard InChI is InChI=1S/C14H20N2O4/c1-16(2)13(17)6-7-15-8-9-20-12-5-3-4-11(10-12)14(18)19/h3-5,10,15H,6-9H2,1-2H3,(H,18,19). The van der Waals surface area contributed by atoms with Crippen LogP contribution in [-0.2, 0) is 4.79 Å². The van der Waals surface area contributed by atoms with Crippen molar-refractivity contribution >= 4 is 11.9 Å². The van der Waals surface area contributed by atoms with Crippen molar-refractivity contribution in [2.45, 2.75) is 6.42 Å². The second-order valence-corrected chi connectivity index (χ2v) is 4.47. The minimum Gasteiger partial charge on any atom is -0.492 e. The van der Waals surface area contributed by atoms with Crippen LogP contribution in [0.25, 0.3) is 0 Å². The first kappa shape index (κ1) is 16.0. The molecule has 2 N–H and O–H groups in total. The molecular formula is C14H20N2O4. The van der Waals surface area contributed by atoms with Gasteiger partial charge in [-0.3, -0.25) is 4.79 Å². The average Bonchev–Trinajstić information content (AvgIpc) is 2.42. The van der Waals surface area contributed by atoms with E-state index in [0.717, 1.165) is 0 Å². The number of rotatable bonds is 8. The molecule has 1 aromatic rings. The number of nitrogens with one attached hydrogen (secondary N) is 1. The van der Waals surface area contributed by atoms with Crippen LogP contribution in [0.15, 0.2) is 24.3 Å². The number of hydrogen-bond acceptors (Lipinski definition) is 4. The molecule has 0 unspecified atom stereocenters. The molecule has 6 nitrogen and oxygen atoms in total. The van der Waals surface area contributed by atoms with Crippen LogP contribution in [0.3, 0.4) is 0 Å². The van der Waals surface area contributed by atoms with Crippen molar-refractivity contribution in [2.24, 2.45) is 0 Å². The molecule has 0 saturated carbocycles. The lowest BCUT2D eigenvalue weighted by atomic mass is 10.2. The maximum Gasteiger partial charge on any atom is 0.335 e. The predicted octanol–water partition coefficient (Wildman–Crippen LogP) is 0.831. The lowest BCUT2D eigenvalue weighted by molar-refractivity contribution is -0.128. The summed E-state index contributed by atoms with van der Waals surface area (Å²) in [5.74, 6) is -0.376. The van der Waals surface area contributed by atoms with Gasteiger partial charge < -0.3 is 20.1 Å². The number of carbonyl (C=O) groups is 2. The molecule has 1 amide bonds. The van der Waals surface area contributed by atoms with E-state index in [9.17, 15) is 9.59 Å². The average molecular weight is 280 g/mol. The lowest BCUT2D eigenvalue weighted by Crippen LogP contribution is -2.28. The highest BCUT2D eigenvalue weighted by Gasteiger charge is 2.04. The van der Waals surface area contributed by atoms with Gasteiger partial charge in [0.1, 0.15) is 12.4 Å². The number of carboxylic acid groups (broad SMARTS) is 1. The minimum atomic E-state index is -0.976. The van der Waals surface area contributed by atoms with E-state index in [-0.39, 0.29) is 11.5 Å². The van der Waals surface area contributed by atoms with Crippen LogP contribution >= 0.6 is 0 Å². The zero-order chi connectivity index (χ0) is 15.0. The maximum atomic E-state index is 11.3. The Labute approximate surface area is 118 Å². The molecule has 0 heterocycles. The van der Waals surface area contributed by atoms with Crippen LogP contribution in [0.1, 0.15) is 16.8 Å². The summed E-state index contributed by atoms with van der Waals surface area (Å²) >= 11 is 0. The number of benzene rings is 1. The van der Waals surface area contributed by atoms with Crippen LogP contribution in [0.5, 0.6) is 5.75 Å². The molecule has 0 bridgehead atoms. The van der Waals surface area contributed by atoms with Gasteiger partial charge in [0.25, 0.3) is 0 Å². The Balaban J connectivity index is 2.20. The highest BCUT2D eigenvalue weighted by molar-refractivity contribution is 5.88. The van der Waals surface area contributed by atoms with E-state index in [4.69, 9.17) is 9.84 Å². The first-order valence-electron chi connectivity index (χ1n) is 6.37. The number of amides is 1. The molecule has 0 aromatic heterocycles. The molecule has 0 saturated heterocycles. The van der Waals surface area contributed by atoms with Gasteiger partial charge in [0, 0.05) is 33.6 Å². The van der Waals surface area contributed by atoms with Gasteiger partial charge in [-0.2, -0.15) is 0 Å². The summed E-state index contributed by atoms with van der Waals surface area (Å²) in [6, 6.07) is 6.35. The highest BCUT2D eigenvalue weighted by Crippen LogP contribution is 2.12. The third-order valence-electron chi connectivity index (χ3n) is 2.64. The number of nitrogens with zero attached hydrogens (tertiary/aromatic N) is 1. The van der Waals surface area contributed by atoms with Crippen LogP contribution in [0, 0.1) is 0 Å². The van der Waals surface area contributed by atoms with E-state index in [2.05, 4.69) is 5.32 Å². The van der Waals surface area contributed by atoms with Crippen molar-refractivity contribution < 1.29 is 19.4 Å². The maximum absolute atomic E-state index is 11.3. The van der Waals surface area contributed by atoms with E-state index in [0.29, 0.717) is 31.9 Å². The molecular weight excluding hydrogens is 260 g/mol. The molecule has 1 rings (SSSR count). The Hall–Kier alpha value is -2.08. The monoisotopic (exact) mass is 280 g/mol. The van der Waals surface area contributed by atoms with Crippen molar-refractivity contribution in [3.05, 3.63) is 29.8 Å². The number of hydrogen-bond donors (Lipinski definition) is 2. The van der Waals surface area contributed by atoms with Crippen molar-refractivity contribution in [3.63, 3.8) is 0 Å². The van der Waals surface area contributed by atoms with Crippen molar-refractivity contribution in [3.8, 4) is 5.75 Å². The fraction of sp³-hybridized carbons (Fsp3) is 0.429. The van der Waals surface area contributed by atoms with Gasteiger partial charge in [-0.15, -0.1) is 0 Å². The first-order valence-corrected chi connectivity index (χ1v) is 6.37. The summed E-state index contributed by atoms with van der Waals surface area (Å²) in [5.41, 5.74) is 0.201. The summed E-state index contributed by atoms with van der Waals surface area (Å²) < 4.78 is 5.43. The van der Waals surface area contributed by atoms with Crippen LogP contribution in [0.4, 0.5) is 0 Å². The van der Waals surface area contributed by atoms with Gasteiger partial charge in [-0.1, -0.05) is 6.07 Å². The van der Waals surface area contributed by atoms with Gasteiger partial charge in [0.05, 0.1) is 5.56 Å². The summed E-state index contributed by atoms with van der Waals surface area (Å²) in [5, 5.41) is 11.9. The molecule has 20 heavy (non-hydrogen) atoms. The van der Waals surface area contributed by atoms with Gasteiger partial charge in [-0.25, -0.2) is 4.79 Å². The number of carbonyl (C=O) groups excluding carboxylic acids is 1. The summed E-state index contributed by atoms with van der Waals surface area (Å²) in [6.45, 7) is 1.60. The number of ether oxygens (including phenoxy) is 1. The van der Waals surface area contributed by atoms with E-state index >= 15 is 0 Å².